The van der Waals surface area contributed by atoms with Crippen molar-refractivity contribution in [2.75, 3.05) is 13.1 Å². The van der Waals surface area contributed by atoms with Crippen molar-refractivity contribution in [3.63, 3.8) is 0 Å². The van der Waals surface area contributed by atoms with Gasteiger partial charge in [0, 0.05) is 16.7 Å². The lowest BCUT2D eigenvalue weighted by Gasteiger charge is -2.30. The molecule has 1 aromatic rings. The second-order valence-electron chi connectivity index (χ2n) is 4.33. The quantitative estimate of drug-likeness (QED) is 0.616. The Balaban J connectivity index is 2.28. The van der Waals surface area contributed by atoms with E-state index in [0.29, 0.717) is 22.2 Å². The number of benzene rings is 1. The number of aromatic hydroxyl groups is 1. The number of carbonyl (C=O) groups excluding carboxylic acids is 1. The summed E-state index contributed by atoms with van der Waals surface area (Å²) >= 11 is 4.13. The molecule has 0 aromatic heterocycles. The van der Waals surface area contributed by atoms with Gasteiger partial charge in [0.05, 0.1) is 15.2 Å². The van der Waals surface area contributed by atoms with E-state index in [0.717, 1.165) is 16.4 Å². The molecule has 1 amide bonds. The van der Waals surface area contributed by atoms with Crippen LogP contribution in [-0.2, 0) is 0 Å². The summed E-state index contributed by atoms with van der Waals surface area (Å²) in [5.74, 6) is -0.177. The number of likely N-dealkylation sites (tertiary alicyclic amines) is 1. The van der Waals surface area contributed by atoms with Gasteiger partial charge >= 0.3 is 0 Å². The summed E-state index contributed by atoms with van der Waals surface area (Å²) in [6, 6.07) is 3.50. The molecule has 0 radical (unpaired) electrons. The van der Waals surface area contributed by atoms with Gasteiger partial charge in [-0.1, -0.05) is 0 Å². The third-order valence-corrected chi connectivity index (χ3v) is 4.39. The zero-order valence-electron chi connectivity index (χ0n) is 9.57. The van der Waals surface area contributed by atoms with E-state index in [9.17, 15) is 15.0 Å². The van der Waals surface area contributed by atoms with E-state index in [1.807, 2.05) is 28.7 Å². The first-order valence-electron chi connectivity index (χ1n) is 5.64. The maximum absolute atomic E-state index is 12.3. The number of phenols is 1. The molecule has 0 bridgehead atoms. The molecule has 98 valence electrons. The highest BCUT2D eigenvalue weighted by Crippen LogP contribution is 2.28. The van der Waals surface area contributed by atoms with Crippen molar-refractivity contribution >= 4 is 51.1 Å². The lowest BCUT2D eigenvalue weighted by molar-refractivity contribution is 0.0471. The van der Waals surface area contributed by atoms with Crippen LogP contribution < -0.4 is 0 Å². The molecule has 1 saturated heterocycles. The van der Waals surface area contributed by atoms with Gasteiger partial charge < -0.3 is 15.1 Å². The van der Waals surface area contributed by atoms with Crippen molar-refractivity contribution in [1.29, 1.82) is 0 Å². The van der Waals surface area contributed by atoms with Crippen LogP contribution in [0.1, 0.15) is 23.2 Å². The summed E-state index contributed by atoms with van der Waals surface area (Å²) in [6.45, 7) is 0.984. The number of rotatable bonds is 1. The highest BCUT2D eigenvalue weighted by atomic mass is 127. The Kier molecular flexibility index (Phi) is 4.70. The van der Waals surface area contributed by atoms with Crippen LogP contribution in [0.5, 0.6) is 5.75 Å². The average Bonchev–Trinajstić information content (AvgIpc) is 2.33. The number of phenolic OH excluding ortho intramolecular Hbond substituents is 1. The first kappa shape index (κ1) is 14.3. The minimum absolute atomic E-state index is 0.0288. The molecule has 0 aliphatic carbocycles. The second kappa shape index (κ2) is 5.91. The Morgan fingerprint density at radius 3 is 2.78 bits per heavy atom. The Morgan fingerprint density at radius 1 is 1.39 bits per heavy atom. The zero-order chi connectivity index (χ0) is 13.3. The highest BCUT2D eigenvalue weighted by molar-refractivity contribution is 14.1. The molecule has 2 rings (SSSR count). The molecule has 2 N–H and O–H groups in total. The molecular weight excluding hydrogens is 460 g/mol. The maximum Gasteiger partial charge on any atom is 0.257 e. The molecule has 1 aromatic carbocycles. The van der Waals surface area contributed by atoms with Gasteiger partial charge in [0.1, 0.15) is 5.75 Å². The average molecular weight is 473 g/mol. The van der Waals surface area contributed by atoms with Crippen LogP contribution in [0.4, 0.5) is 0 Å². The topological polar surface area (TPSA) is 60.8 Å². The fraction of sp³-hybridized carbons (Fsp3) is 0.417. The summed E-state index contributed by atoms with van der Waals surface area (Å²) < 4.78 is 1.58. The van der Waals surface area contributed by atoms with Gasteiger partial charge in [0.2, 0.25) is 0 Å². The Labute approximate surface area is 133 Å². The minimum Gasteiger partial charge on any atom is -0.506 e. The van der Waals surface area contributed by atoms with E-state index in [2.05, 4.69) is 22.6 Å². The first-order valence-corrected chi connectivity index (χ1v) is 7.80. The molecule has 1 heterocycles. The van der Waals surface area contributed by atoms with E-state index < -0.39 is 6.10 Å². The van der Waals surface area contributed by atoms with Crippen molar-refractivity contribution in [2.24, 2.45) is 0 Å². The predicted octanol–water partition coefficient (Wildman–Crippen LogP) is 2.20. The van der Waals surface area contributed by atoms with E-state index in [1.54, 1.807) is 11.0 Å². The monoisotopic (exact) mass is 473 g/mol. The predicted molar refractivity (Wildman–Crippen MR) is 84.7 cm³/mol. The third kappa shape index (κ3) is 3.08. The lowest BCUT2D eigenvalue weighted by Crippen LogP contribution is -2.42. The first-order chi connectivity index (χ1) is 8.49. The molecule has 1 fully saturated rings. The van der Waals surface area contributed by atoms with Crippen LogP contribution in [0.25, 0.3) is 0 Å². The van der Waals surface area contributed by atoms with Crippen LogP contribution in [0.2, 0.25) is 0 Å². The molecular formula is C12H13I2NO3. The Morgan fingerprint density at radius 2 is 2.11 bits per heavy atom. The van der Waals surface area contributed by atoms with Crippen molar-refractivity contribution < 1.29 is 15.0 Å². The lowest BCUT2D eigenvalue weighted by atomic mass is 10.1. The Hall–Kier alpha value is -0.0900. The molecule has 0 spiro atoms. The van der Waals surface area contributed by atoms with Gasteiger partial charge in [-0.2, -0.15) is 0 Å². The summed E-state index contributed by atoms with van der Waals surface area (Å²) in [6.07, 6.45) is 1.08. The normalized spacial score (nSPS) is 19.9. The SMILES string of the molecule is O=C(c1cc(I)cc(I)c1O)N1CCC[C@H](O)C1. The van der Waals surface area contributed by atoms with Crippen molar-refractivity contribution in [3.05, 3.63) is 24.8 Å². The molecule has 1 atom stereocenters. The molecule has 1 aliphatic rings. The number of β-amino-alcohol motifs (C(OH)–C–C–N with tert-alkyl or cyclic N) is 1. The van der Waals surface area contributed by atoms with Crippen molar-refractivity contribution in [2.45, 2.75) is 18.9 Å². The number of nitrogens with zero attached hydrogens (tertiary/aromatic N) is 1. The summed E-state index contributed by atoms with van der Waals surface area (Å²) in [4.78, 5) is 13.9. The standard InChI is InChI=1S/C12H13I2NO3/c13-7-4-9(11(17)10(14)5-7)12(18)15-3-1-2-8(16)6-15/h4-5,8,16-17H,1-3,6H2/t8-/m0/s1. The van der Waals surface area contributed by atoms with Crippen molar-refractivity contribution in [3.8, 4) is 5.75 Å². The molecule has 0 saturated carbocycles. The molecule has 18 heavy (non-hydrogen) atoms. The second-order valence-corrected chi connectivity index (χ2v) is 6.74. The zero-order valence-corrected chi connectivity index (χ0v) is 13.9. The summed E-state index contributed by atoms with van der Waals surface area (Å²) in [7, 11) is 0. The number of amides is 1. The summed E-state index contributed by atoms with van der Waals surface area (Å²) in [5.41, 5.74) is 0.320. The molecule has 4 nitrogen and oxygen atoms in total. The Bertz CT molecular complexity index is 479. The minimum atomic E-state index is -0.452. The summed E-state index contributed by atoms with van der Waals surface area (Å²) in [5, 5.41) is 19.6. The van der Waals surface area contributed by atoms with E-state index in [1.165, 1.54) is 0 Å². The van der Waals surface area contributed by atoms with E-state index >= 15 is 0 Å². The van der Waals surface area contributed by atoms with E-state index in [4.69, 9.17) is 0 Å². The van der Waals surface area contributed by atoms with Crippen molar-refractivity contribution in [1.82, 2.24) is 4.90 Å². The molecule has 1 aliphatic heterocycles. The number of aliphatic hydroxyl groups is 1. The highest BCUT2D eigenvalue weighted by Gasteiger charge is 2.25. The van der Waals surface area contributed by atoms with E-state index in [-0.39, 0.29) is 11.7 Å². The fourth-order valence-electron chi connectivity index (χ4n) is 2.04. The van der Waals surface area contributed by atoms with Crippen LogP contribution in [0.3, 0.4) is 0 Å². The number of aliphatic hydroxyl groups excluding tert-OH is 1. The number of halogens is 2. The maximum atomic E-state index is 12.3. The molecule has 0 unspecified atom stereocenters. The van der Waals surface area contributed by atoms with Gasteiger partial charge in [0.15, 0.2) is 0 Å². The smallest absolute Gasteiger partial charge is 0.257 e. The number of hydrogen-bond donors (Lipinski definition) is 2. The van der Waals surface area contributed by atoms with Gasteiger partial charge in [-0.25, -0.2) is 0 Å². The fourth-order valence-corrected chi connectivity index (χ4v) is 3.88. The van der Waals surface area contributed by atoms with Crippen LogP contribution in [0, 0.1) is 7.14 Å². The van der Waals surface area contributed by atoms with Crippen LogP contribution >= 0.6 is 45.2 Å². The van der Waals surface area contributed by atoms with Crippen LogP contribution in [-0.4, -0.2) is 40.2 Å². The molecule has 6 heteroatoms. The van der Waals surface area contributed by atoms with Gasteiger partial charge in [-0.05, 0) is 70.2 Å². The van der Waals surface area contributed by atoms with Gasteiger partial charge in [-0.15, -0.1) is 0 Å². The van der Waals surface area contributed by atoms with Gasteiger partial charge in [0.25, 0.3) is 5.91 Å². The number of hydrogen-bond acceptors (Lipinski definition) is 3. The third-order valence-electron chi connectivity index (χ3n) is 2.94. The number of piperidine rings is 1. The van der Waals surface area contributed by atoms with Crippen LogP contribution in [0.15, 0.2) is 12.1 Å². The largest absolute Gasteiger partial charge is 0.506 e. The van der Waals surface area contributed by atoms with Gasteiger partial charge in [-0.3, -0.25) is 4.79 Å². The number of carbonyl (C=O) groups is 1.